The molecular weight excluding hydrogens is 150 g/mol. The summed E-state index contributed by atoms with van der Waals surface area (Å²) in [5.41, 5.74) is 0. The molecular formula is C10H23NO. The van der Waals surface area contributed by atoms with Gasteiger partial charge < -0.3 is 10.1 Å². The topological polar surface area (TPSA) is 21.3 Å². The Bertz CT molecular complexity index is 85.9. The van der Waals surface area contributed by atoms with Crippen molar-refractivity contribution in [2.75, 3.05) is 19.7 Å². The quantitative estimate of drug-likeness (QED) is 0.568. The van der Waals surface area contributed by atoms with Crippen LogP contribution >= 0.6 is 0 Å². The molecule has 0 aromatic heterocycles. The molecule has 74 valence electrons. The Hall–Kier alpha value is -0.0800. The first-order chi connectivity index (χ1) is 5.85. The lowest BCUT2D eigenvalue weighted by molar-refractivity contribution is 0.0514. The van der Waals surface area contributed by atoms with E-state index in [1.54, 1.807) is 0 Å². The van der Waals surface area contributed by atoms with Gasteiger partial charge in [-0.3, -0.25) is 0 Å². The molecule has 0 rings (SSSR count). The Morgan fingerprint density at radius 2 is 1.92 bits per heavy atom. The van der Waals surface area contributed by atoms with Gasteiger partial charge in [-0.2, -0.15) is 0 Å². The van der Waals surface area contributed by atoms with E-state index < -0.39 is 0 Å². The molecule has 0 aliphatic heterocycles. The molecule has 0 saturated carbocycles. The van der Waals surface area contributed by atoms with Crippen molar-refractivity contribution in [2.45, 2.75) is 46.1 Å². The largest absolute Gasteiger partial charge is 0.377 e. The minimum absolute atomic E-state index is 0.413. The van der Waals surface area contributed by atoms with Gasteiger partial charge in [-0.15, -0.1) is 0 Å². The standard InChI is InChI=1S/C10H23NO/c1-4-7-11-9-10(6-3)12-8-5-2/h10-11H,4-9H2,1-3H3. The van der Waals surface area contributed by atoms with Gasteiger partial charge in [-0.25, -0.2) is 0 Å². The number of rotatable bonds is 8. The molecule has 1 unspecified atom stereocenters. The minimum atomic E-state index is 0.413. The predicted molar refractivity (Wildman–Crippen MR) is 53.5 cm³/mol. The van der Waals surface area contributed by atoms with Crippen LogP contribution in [0.3, 0.4) is 0 Å². The highest BCUT2D eigenvalue weighted by molar-refractivity contribution is 4.58. The summed E-state index contributed by atoms with van der Waals surface area (Å²) in [5.74, 6) is 0. The molecule has 2 heteroatoms. The highest BCUT2D eigenvalue weighted by Crippen LogP contribution is 1.97. The fraction of sp³-hybridized carbons (Fsp3) is 1.00. The van der Waals surface area contributed by atoms with E-state index in [9.17, 15) is 0 Å². The van der Waals surface area contributed by atoms with Crippen LogP contribution in [-0.4, -0.2) is 25.8 Å². The molecule has 0 radical (unpaired) electrons. The van der Waals surface area contributed by atoms with E-state index in [0.717, 1.165) is 32.5 Å². The van der Waals surface area contributed by atoms with E-state index in [4.69, 9.17) is 4.74 Å². The van der Waals surface area contributed by atoms with Gasteiger partial charge in [0.05, 0.1) is 6.10 Å². The minimum Gasteiger partial charge on any atom is -0.377 e. The van der Waals surface area contributed by atoms with E-state index >= 15 is 0 Å². The number of hydrogen-bond donors (Lipinski definition) is 1. The molecule has 0 heterocycles. The molecule has 0 fully saturated rings. The van der Waals surface area contributed by atoms with Gasteiger partial charge >= 0.3 is 0 Å². The third-order valence-corrected chi connectivity index (χ3v) is 1.81. The molecule has 0 aromatic carbocycles. The van der Waals surface area contributed by atoms with Gasteiger partial charge in [0, 0.05) is 13.2 Å². The van der Waals surface area contributed by atoms with Crippen LogP contribution < -0.4 is 5.32 Å². The maximum absolute atomic E-state index is 5.62. The summed E-state index contributed by atoms with van der Waals surface area (Å²) in [5, 5.41) is 3.37. The van der Waals surface area contributed by atoms with Gasteiger partial charge in [-0.05, 0) is 25.8 Å². The van der Waals surface area contributed by atoms with Crippen molar-refractivity contribution in [1.29, 1.82) is 0 Å². The third kappa shape index (κ3) is 6.62. The Balaban J connectivity index is 3.26. The zero-order valence-corrected chi connectivity index (χ0v) is 8.73. The number of ether oxygens (including phenoxy) is 1. The predicted octanol–water partition coefficient (Wildman–Crippen LogP) is 2.19. The van der Waals surface area contributed by atoms with Crippen LogP contribution in [0.15, 0.2) is 0 Å². The lowest BCUT2D eigenvalue weighted by Gasteiger charge is -2.15. The zero-order chi connectivity index (χ0) is 9.23. The van der Waals surface area contributed by atoms with Crippen molar-refractivity contribution in [2.24, 2.45) is 0 Å². The van der Waals surface area contributed by atoms with Gasteiger partial charge in [-0.1, -0.05) is 20.8 Å². The fourth-order valence-electron chi connectivity index (χ4n) is 1.05. The Morgan fingerprint density at radius 1 is 1.17 bits per heavy atom. The van der Waals surface area contributed by atoms with Crippen molar-refractivity contribution >= 4 is 0 Å². The number of nitrogens with one attached hydrogen (secondary N) is 1. The highest BCUT2D eigenvalue weighted by Gasteiger charge is 2.03. The fourth-order valence-corrected chi connectivity index (χ4v) is 1.05. The molecule has 0 bridgehead atoms. The van der Waals surface area contributed by atoms with Crippen molar-refractivity contribution in [3.8, 4) is 0 Å². The summed E-state index contributed by atoms with van der Waals surface area (Å²) in [6, 6.07) is 0. The smallest absolute Gasteiger partial charge is 0.0696 e. The van der Waals surface area contributed by atoms with Crippen molar-refractivity contribution in [3.05, 3.63) is 0 Å². The molecule has 12 heavy (non-hydrogen) atoms. The molecule has 2 nitrogen and oxygen atoms in total. The Labute approximate surface area is 76.7 Å². The van der Waals surface area contributed by atoms with Crippen LogP contribution in [0.25, 0.3) is 0 Å². The maximum atomic E-state index is 5.62. The summed E-state index contributed by atoms with van der Waals surface area (Å²) in [6.07, 6.45) is 3.84. The van der Waals surface area contributed by atoms with Crippen LogP contribution in [-0.2, 0) is 4.74 Å². The SMILES string of the molecule is CCCNCC(CC)OCCC. The summed E-state index contributed by atoms with van der Waals surface area (Å²) in [4.78, 5) is 0. The van der Waals surface area contributed by atoms with Gasteiger partial charge in [0.25, 0.3) is 0 Å². The molecule has 0 spiro atoms. The lowest BCUT2D eigenvalue weighted by atomic mass is 10.2. The van der Waals surface area contributed by atoms with Gasteiger partial charge in [0.15, 0.2) is 0 Å². The van der Waals surface area contributed by atoms with Crippen LogP contribution in [0, 0.1) is 0 Å². The van der Waals surface area contributed by atoms with Crippen LogP contribution in [0.2, 0.25) is 0 Å². The average molecular weight is 173 g/mol. The number of hydrogen-bond acceptors (Lipinski definition) is 2. The summed E-state index contributed by atoms with van der Waals surface area (Å²) in [6.45, 7) is 9.50. The first-order valence-corrected chi connectivity index (χ1v) is 5.17. The summed E-state index contributed by atoms with van der Waals surface area (Å²) >= 11 is 0. The van der Waals surface area contributed by atoms with Gasteiger partial charge in [0.1, 0.15) is 0 Å². The molecule has 1 atom stereocenters. The van der Waals surface area contributed by atoms with E-state index in [0.29, 0.717) is 6.10 Å². The molecule has 0 aromatic rings. The normalized spacial score (nSPS) is 13.2. The second kappa shape index (κ2) is 9.01. The third-order valence-electron chi connectivity index (χ3n) is 1.81. The summed E-state index contributed by atoms with van der Waals surface area (Å²) in [7, 11) is 0. The molecule has 0 aliphatic rings. The molecule has 0 amide bonds. The van der Waals surface area contributed by atoms with Gasteiger partial charge in [0.2, 0.25) is 0 Å². The lowest BCUT2D eigenvalue weighted by Crippen LogP contribution is -2.29. The second-order valence-electron chi connectivity index (χ2n) is 3.11. The van der Waals surface area contributed by atoms with Crippen LogP contribution in [0.4, 0.5) is 0 Å². The van der Waals surface area contributed by atoms with Crippen LogP contribution in [0.1, 0.15) is 40.0 Å². The van der Waals surface area contributed by atoms with Crippen LogP contribution in [0.5, 0.6) is 0 Å². The second-order valence-corrected chi connectivity index (χ2v) is 3.11. The monoisotopic (exact) mass is 173 g/mol. The maximum Gasteiger partial charge on any atom is 0.0696 e. The van der Waals surface area contributed by atoms with E-state index in [-0.39, 0.29) is 0 Å². The van der Waals surface area contributed by atoms with E-state index in [1.165, 1.54) is 6.42 Å². The molecule has 0 saturated heterocycles. The summed E-state index contributed by atoms with van der Waals surface area (Å²) < 4.78 is 5.62. The molecule has 1 N–H and O–H groups in total. The van der Waals surface area contributed by atoms with E-state index in [2.05, 4.69) is 26.1 Å². The first kappa shape index (κ1) is 11.9. The van der Waals surface area contributed by atoms with Crippen molar-refractivity contribution in [3.63, 3.8) is 0 Å². The zero-order valence-electron chi connectivity index (χ0n) is 8.73. The Kier molecular flexibility index (Phi) is 8.95. The van der Waals surface area contributed by atoms with Crippen molar-refractivity contribution < 1.29 is 4.74 Å². The van der Waals surface area contributed by atoms with E-state index in [1.807, 2.05) is 0 Å². The highest BCUT2D eigenvalue weighted by atomic mass is 16.5. The first-order valence-electron chi connectivity index (χ1n) is 5.17. The Morgan fingerprint density at radius 3 is 2.42 bits per heavy atom. The average Bonchev–Trinajstić information content (AvgIpc) is 2.11. The van der Waals surface area contributed by atoms with Crippen molar-refractivity contribution in [1.82, 2.24) is 5.32 Å². The molecule has 0 aliphatic carbocycles.